The number of rotatable bonds is 5. The molecule has 0 aliphatic heterocycles. The van der Waals surface area contributed by atoms with E-state index in [-0.39, 0.29) is 6.04 Å². The van der Waals surface area contributed by atoms with Crippen molar-refractivity contribution in [3.05, 3.63) is 41.6 Å². The van der Waals surface area contributed by atoms with Gasteiger partial charge in [-0.25, -0.2) is 0 Å². The highest BCUT2D eigenvalue weighted by molar-refractivity contribution is 5.15. The second kappa shape index (κ2) is 5.19. The van der Waals surface area contributed by atoms with Gasteiger partial charge in [0, 0.05) is 19.2 Å². The molecule has 0 amide bonds. The minimum atomic E-state index is 0.199. The van der Waals surface area contributed by atoms with E-state index in [0.29, 0.717) is 0 Å². The number of nitrogens with one attached hydrogen (secondary N) is 1. The highest BCUT2D eigenvalue weighted by Crippen LogP contribution is 2.18. The fraction of sp³-hybridized carbons (Fsp3) is 0.462. The van der Waals surface area contributed by atoms with Crippen LogP contribution in [0.4, 0.5) is 0 Å². The summed E-state index contributed by atoms with van der Waals surface area (Å²) < 4.78 is 7.39. The lowest BCUT2D eigenvalue weighted by molar-refractivity contribution is 0.423. The van der Waals surface area contributed by atoms with Crippen LogP contribution in [0, 0.1) is 0 Å². The molecule has 0 spiro atoms. The number of hydrogen-bond donors (Lipinski definition) is 1. The Hall–Kier alpha value is -1.55. The molecule has 2 aromatic heterocycles. The SMILES string of the molecule is CCc1cc(CC(NC)c2ccco2)n(C)n1. The molecule has 0 saturated heterocycles. The van der Waals surface area contributed by atoms with Crippen molar-refractivity contribution in [2.45, 2.75) is 25.8 Å². The fourth-order valence-electron chi connectivity index (χ4n) is 1.98. The quantitative estimate of drug-likeness (QED) is 0.859. The summed E-state index contributed by atoms with van der Waals surface area (Å²) in [5, 5.41) is 7.73. The third-order valence-corrected chi connectivity index (χ3v) is 3.04. The first-order chi connectivity index (χ1) is 8.24. The number of furan rings is 1. The summed E-state index contributed by atoms with van der Waals surface area (Å²) in [6, 6.07) is 6.27. The van der Waals surface area contributed by atoms with Crippen LogP contribution in [0.1, 0.15) is 30.1 Å². The molecule has 4 nitrogen and oxygen atoms in total. The average Bonchev–Trinajstić information content (AvgIpc) is 2.96. The molecule has 2 aromatic rings. The molecule has 0 saturated carbocycles. The van der Waals surface area contributed by atoms with Crippen molar-refractivity contribution < 1.29 is 4.42 Å². The monoisotopic (exact) mass is 233 g/mol. The van der Waals surface area contributed by atoms with E-state index in [4.69, 9.17) is 4.42 Å². The zero-order valence-corrected chi connectivity index (χ0v) is 10.6. The Kier molecular flexibility index (Phi) is 3.64. The molecule has 4 heteroatoms. The lowest BCUT2D eigenvalue weighted by atomic mass is 10.1. The van der Waals surface area contributed by atoms with Crippen LogP contribution in [-0.4, -0.2) is 16.8 Å². The summed E-state index contributed by atoms with van der Waals surface area (Å²) in [5.41, 5.74) is 2.36. The summed E-state index contributed by atoms with van der Waals surface area (Å²) in [6.45, 7) is 2.12. The number of aromatic nitrogens is 2. The zero-order chi connectivity index (χ0) is 12.3. The van der Waals surface area contributed by atoms with Gasteiger partial charge in [0.2, 0.25) is 0 Å². The van der Waals surface area contributed by atoms with Crippen LogP contribution in [-0.2, 0) is 19.9 Å². The first kappa shape index (κ1) is 11.9. The molecule has 0 aliphatic rings. The van der Waals surface area contributed by atoms with Crippen molar-refractivity contribution in [2.75, 3.05) is 7.05 Å². The van der Waals surface area contributed by atoms with E-state index in [1.165, 1.54) is 5.69 Å². The first-order valence-corrected chi connectivity index (χ1v) is 5.97. The van der Waals surface area contributed by atoms with Gasteiger partial charge in [0.1, 0.15) is 5.76 Å². The van der Waals surface area contributed by atoms with E-state index in [9.17, 15) is 0 Å². The standard InChI is InChI=1S/C13H19N3O/c1-4-10-8-11(16(3)15-10)9-12(14-2)13-6-5-7-17-13/h5-8,12,14H,4,9H2,1-3H3. The highest BCUT2D eigenvalue weighted by atomic mass is 16.3. The number of aryl methyl sites for hydroxylation is 2. The summed E-state index contributed by atoms with van der Waals surface area (Å²) in [6.07, 6.45) is 3.56. The molecule has 0 bridgehead atoms. The van der Waals surface area contributed by atoms with Gasteiger partial charge >= 0.3 is 0 Å². The molecule has 2 rings (SSSR count). The Bertz CT molecular complexity index is 459. The molecule has 1 unspecified atom stereocenters. The molecule has 0 aromatic carbocycles. The zero-order valence-electron chi connectivity index (χ0n) is 10.6. The summed E-state index contributed by atoms with van der Waals surface area (Å²) in [4.78, 5) is 0. The van der Waals surface area contributed by atoms with Crippen LogP contribution >= 0.6 is 0 Å². The average molecular weight is 233 g/mol. The molecule has 17 heavy (non-hydrogen) atoms. The van der Waals surface area contributed by atoms with E-state index in [1.54, 1.807) is 6.26 Å². The maximum Gasteiger partial charge on any atom is 0.121 e. The van der Waals surface area contributed by atoms with Gasteiger partial charge < -0.3 is 9.73 Å². The van der Waals surface area contributed by atoms with Crippen molar-refractivity contribution in [3.63, 3.8) is 0 Å². The van der Waals surface area contributed by atoms with Crippen LogP contribution < -0.4 is 5.32 Å². The van der Waals surface area contributed by atoms with Crippen LogP contribution in [0.5, 0.6) is 0 Å². The highest BCUT2D eigenvalue weighted by Gasteiger charge is 2.15. The number of hydrogen-bond acceptors (Lipinski definition) is 3. The summed E-state index contributed by atoms with van der Waals surface area (Å²) >= 11 is 0. The predicted octanol–water partition coefficient (Wildman–Crippen LogP) is 2.08. The van der Waals surface area contributed by atoms with Gasteiger partial charge in [0.05, 0.1) is 18.0 Å². The Morgan fingerprint density at radius 3 is 2.88 bits per heavy atom. The second-order valence-corrected chi connectivity index (χ2v) is 4.16. The van der Waals surface area contributed by atoms with Crippen molar-refractivity contribution in [2.24, 2.45) is 7.05 Å². The van der Waals surface area contributed by atoms with Gasteiger partial charge in [-0.1, -0.05) is 6.92 Å². The molecular formula is C13H19N3O. The van der Waals surface area contributed by atoms with Crippen molar-refractivity contribution >= 4 is 0 Å². The Labute approximate surface area is 102 Å². The lowest BCUT2D eigenvalue weighted by Crippen LogP contribution is -2.19. The topological polar surface area (TPSA) is 43.0 Å². The van der Waals surface area contributed by atoms with Crippen LogP contribution in [0.15, 0.2) is 28.9 Å². The van der Waals surface area contributed by atoms with Crippen LogP contribution in [0.25, 0.3) is 0 Å². The summed E-state index contributed by atoms with van der Waals surface area (Å²) in [5.74, 6) is 0.965. The Morgan fingerprint density at radius 2 is 2.35 bits per heavy atom. The van der Waals surface area contributed by atoms with Crippen LogP contribution in [0.3, 0.4) is 0 Å². The molecule has 2 heterocycles. The molecule has 92 valence electrons. The van der Waals surface area contributed by atoms with Gasteiger partial charge in [0.15, 0.2) is 0 Å². The minimum absolute atomic E-state index is 0.199. The number of likely N-dealkylation sites (N-methyl/N-ethyl adjacent to an activating group) is 1. The van der Waals surface area contributed by atoms with E-state index in [0.717, 1.165) is 24.3 Å². The van der Waals surface area contributed by atoms with Gasteiger partial charge in [0.25, 0.3) is 0 Å². The summed E-state index contributed by atoms with van der Waals surface area (Å²) in [7, 11) is 3.94. The maximum absolute atomic E-state index is 5.44. The number of nitrogens with zero attached hydrogens (tertiary/aromatic N) is 2. The smallest absolute Gasteiger partial charge is 0.121 e. The largest absolute Gasteiger partial charge is 0.468 e. The molecule has 0 fully saturated rings. The lowest BCUT2D eigenvalue weighted by Gasteiger charge is -2.13. The van der Waals surface area contributed by atoms with E-state index < -0.39 is 0 Å². The first-order valence-electron chi connectivity index (χ1n) is 5.97. The van der Waals surface area contributed by atoms with Gasteiger partial charge in [-0.05, 0) is 31.7 Å². The van der Waals surface area contributed by atoms with Crippen molar-refractivity contribution in [3.8, 4) is 0 Å². The second-order valence-electron chi connectivity index (χ2n) is 4.16. The van der Waals surface area contributed by atoms with Gasteiger partial charge in [-0.15, -0.1) is 0 Å². The van der Waals surface area contributed by atoms with E-state index in [1.807, 2.05) is 30.9 Å². The van der Waals surface area contributed by atoms with Gasteiger partial charge in [-0.2, -0.15) is 5.10 Å². The normalized spacial score (nSPS) is 12.9. The van der Waals surface area contributed by atoms with Crippen molar-refractivity contribution in [1.82, 2.24) is 15.1 Å². The van der Waals surface area contributed by atoms with Crippen LogP contribution in [0.2, 0.25) is 0 Å². The third kappa shape index (κ3) is 2.58. The molecule has 1 N–H and O–H groups in total. The van der Waals surface area contributed by atoms with Gasteiger partial charge in [-0.3, -0.25) is 4.68 Å². The Balaban J connectivity index is 2.15. The van der Waals surface area contributed by atoms with E-state index >= 15 is 0 Å². The fourth-order valence-corrected chi connectivity index (χ4v) is 1.98. The van der Waals surface area contributed by atoms with E-state index in [2.05, 4.69) is 23.4 Å². The molecular weight excluding hydrogens is 214 g/mol. The Morgan fingerprint density at radius 1 is 1.53 bits per heavy atom. The molecule has 0 radical (unpaired) electrons. The minimum Gasteiger partial charge on any atom is -0.468 e. The molecule has 1 atom stereocenters. The third-order valence-electron chi connectivity index (χ3n) is 3.04. The molecule has 0 aliphatic carbocycles. The predicted molar refractivity (Wildman–Crippen MR) is 66.8 cm³/mol. The van der Waals surface area contributed by atoms with Crippen molar-refractivity contribution in [1.29, 1.82) is 0 Å². The maximum atomic E-state index is 5.44.